The fourth-order valence-electron chi connectivity index (χ4n) is 2.23. The third kappa shape index (κ3) is 3.35. The van der Waals surface area contributed by atoms with Crippen molar-refractivity contribution in [1.29, 1.82) is 0 Å². The summed E-state index contributed by atoms with van der Waals surface area (Å²) in [4.78, 5) is 0. The first-order chi connectivity index (χ1) is 9.11. The molecule has 2 rings (SSSR count). The van der Waals surface area contributed by atoms with E-state index >= 15 is 0 Å². The van der Waals surface area contributed by atoms with Crippen molar-refractivity contribution in [2.24, 2.45) is 0 Å². The summed E-state index contributed by atoms with van der Waals surface area (Å²) in [7, 11) is 0. The molecule has 1 heterocycles. The molecule has 0 N–H and O–H groups in total. The largest absolute Gasteiger partial charge is 0.311 e. The van der Waals surface area contributed by atoms with Crippen LogP contribution in [0.2, 0.25) is 0 Å². The van der Waals surface area contributed by atoms with Gasteiger partial charge in [0.25, 0.3) is 0 Å². The van der Waals surface area contributed by atoms with Crippen molar-refractivity contribution in [3.63, 3.8) is 0 Å². The Kier molecular flexibility index (Phi) is 4.59. The monoisotopic (exact) mass is 277 g/mol. The quantitative estimate of drug-likeness (QED) is 0.781. The van der Waals surface area contributed by atoms with Crippen LogP contribution in [0.3, 0.4) is 0 Å². The Bertz CT molecular complexity index is 529. The van der Waals surface area contributed by atoms with Gasteiger partial charge in [0, 0.05) is 12.5 Å². The first-order valence-electron chi connectivity index (χ1n) is 6.66. The van der Waals surface area contributed by atoms with Gasteiger partial charge in [-0.15, -0.1) is 21.8 Å². The highest BCUT2D eigenvalue weighted by molar-refractivity contribution is 6.16. The van der Waals surface area contributed by atoms with Crippen molar-refractivity contribution < 1.29 is 0 Å². The van der Waals surface area contributed by atoms with Gasteiger partial charge in [0.1, 0.15) is 11.6 Å². The molecule has 0 saturated carbocycles. The molecule has 1 aromatic carbocycles. The summed E-state index contributed by atoms with van der Waals surface area (Å²) in [6.45, 7) is 6.37. The van der Waals surface area contributed by atoms with Gasteiger partial charge in [0.2, 0.25) is 0 Å². The maximum Gasteiger partial charge on any atom is 0.148 e. The van der Waals surface area contributed by atoms with Crippen LogP contribution >= 0.6 is 11.6 Å². The van der Waals surface area contributed by atoms with Crippen LogP contribution in [-0.2, 0) is 18.7 Å². The van der Waals surface area contributed by atoms with Gasteiger partial charge >= 0.3 is 0 Å². The molecule has 0 bridgehead atoms. The fraction of sp³-hybridized carbons (Fsp3) is 0.467. The highest BCUT2D eigenvalue weighted by Gasteiger charge is 2.13. The minimum absolute atomic E-state index is 0.344. The highest BCUT2D eigenvalue weighted by Crippen LogP contribution is 2.15. The number of hydrogen-bond donors (Lipinski definition) is 0. The Balaban J connectivity index is 2.11. The predicted molar refractivity (Wildman–Crippen MR) is 78.6 cm³/mol. The number of aryl methyl sites for hydroxylation is 3. The smallest absolute Gasteiger partial charge is 0.148 e. The highest BCUT2D eigenvalue weighted by atomic mass is 35.5. The van der Waals surface area contributed by atoms with E-state index in [9.17, 15) is 0 Å². The van der Waals surface area contributed by atoms with Crippen LogP contribution in [-0.4, -0.2) is 14.8 Å². The van der Waals surface area contributed by atoms with Gasteiger partial charge in [-0.1, -0.05) is 29.8 Å². The zero-order chi connectivity index (χ0) is 13.8. The Morgan fingerprint density at radius 3 is 2.26 bits per heavy atom. The van der Waals surface area contributed by atoms with E-state index in [1.54, 1.807) is 0 Å². The van der Waals surface area contributed by atoms with Gasteiger partial charge in [0.15, 0.2) is 0 Å². The molecule has 0 unspecified atom stereocenters. The standard InChI is InChI=1S/C15H20ClN3/c1-11(2)19-14(17-18-15(19)10-16)9-8-13-6-4-12(3)5-7-13/h4-7,11H,8-10H2,1-3H3. The summed E-state index contributed by atoms with van der Waals surface area (Å²) >= 11 is 5.90. The van der Waals surface area contributed by atoms with Crippen LogP contribution in [0.5, 0.6) is 0 Å². The van der Waals surface area contributed by atoms with Gasteiger partial charge in [-0.3, -0.25) is 0 Å². The lowest BCUT2D eigenvalue weighted by Crippen LogP contribution is -2.10. The van der Waals surface area contributed by atoms with Crippen molar-refractivity contribution in [2.75, 3.05) is 0 Å². The number of alkyl halides is 1. The molecule has 0 aliphatic rings. The van der Waals surface area contributed by atoms with E-state index in [-0.39, 0.29) is 0 Å². The second kappa shape index (κ2) is 6.20. The number of rotatable bonds is 5. The molecule has 0 amide bonds. The maximum absolute atomic E-state index is 5.90. The molecule has 19 heavy (non-hydrogen) atoms. The van der Waals surface area contributed by atoms with E-state index in [2.05, 4.69) is 59.8 Å². The van der Waals surface area contributed by atoms with E-state index in [0.29, 0.717) is 11.9 Å². The average molecular weight is 278 g/mol. The molecule has 0 radical (unpaired) electrons. The van der Waals surface area contributed by atoms with Crippen molar-refractivity contribution in [3.05, 3.63) is 47.0 Å². The first-order valence-corrected chi connectivity index (χ1v) is 7.19. The summed E-state index contributed by atoms with van der Waals surface area (Å²) in [5, 5.41) is 8.43. The van der Waals surface area contributed by atoms with E-state index < -0.39 is 0 Å². The summed E-state index contributed by atoms with van der Waals surface area (Å²) < 4.78 is 2.14. The third-order valence-electron chi connectivity index (χ3n) is 3.23. The molecule has 1 aromatic heterocycles. The molecule has 4 heteroatoms. The zero-order valence-electron chi connectivity index (χ0n) is 11.7. The molecular weight excluding hydrogens is 258 g/mol. The lowest BCUT2D eigenvalue weighted by Gasteiger charge is -2.13. The number of halogens is 1. The van der Waals surface area contributed by atoms with Gasteiger partial charge in [-0.05, 0) is 32.8 Å². The van der Waals surface area contributed by atoms with E-state index in [4.69, 9.17) is 11.6 Å². The van der Waals surface area contributed by atoms with Crippen LogP contribution in [0.1, 0.15) is 42.7 Å². The van der Waals surface area contributed by atoms with Crippen LogP contribution in [0.15, 0.2) is 24.3 Å². The topological polar surface area (TPSA) is 30.7 Å². The molecule has 0 atom stereocenters. The summed E-state index contributed by atoms with van der Waals surface area (Å²) in [5.41, 5.74) is 2.62. The Morgan fingerprint density at radius 1 is 1.05 bits per heavy atom. The molecule has 0 spiro atoms. The van der Waals surface area contributed by atoms with E-state index in [1.165, 1.54) is 11.1 Å². The average Bonchev–Trinajstić information content (AvgIpc) is 2.81. The second-order valence-corrected chi connectivity index (χ2v) is 5.38. The number of benzene rings is 1. The van der Waals surface area contributed by atoms with Gasteiger partial charge in [-0.25, -0.2) is 0 Å². The third-order valence-corrected chi connectivity index (χ3v) is 3.47. The molecule has 0 aliphatic carbocycles. The lowest BCUT2D eigenvalue weighted by molar-refractivity contribution is 0.550. The van der Waals surface area contributed by atoms with Gasteiger partial charge < -0.3 is 4.57 Å². The van der Waals surface area contributed by atoms with E-state index in [0.717, 1.165) is 24.5 Å². The summed E-state index contributed by atoms with van der Waals surface area (Å²) in [6.07, 6.45) is 1.87. The Hall–Kier alpha value is -1.35. The molecule has 0 aliphatic heterocycles. The van der Waals surface area contributed by atoms with Crippen LogP contribution in [0.25, 0.3) is 0 Å². The maximum atomic E-state index is 5.90. The normalized spacial score (nSPS) is 11.2. The van der Waals surface area contributed by atoms with Gasteiger partial charge in [0.05, 0.1) is 5.88 Å². The summed E-state index contributed by atoms with van der Waals surface area (Å²) in [5.74, 6) is 2.29. The Morgan fingerprint density at radius 2 is 1.68 bits per heavy atom. The minimum atomic E-state index is 0.344. The van der Waals surface area contributed by atoms with Crippen LogP contribution in [0.4, 0.5) is 0 Å². The molecule has 2 aromatic rings. The van der Waals surface area contributed by atoms with Crippen molar-refractivity contribution >= 4 is 11.6 Å². The summed E-state index contributed by atoms with van der Waals surface area (Å²) in [6, 6.07) is 8.98. The Labute approximate surface area is 119 Å². The second-order valence-electron chi connectivity index (χ2n) is 5.12. The molecule has 0 saturated heterocycles. The van der Waals surface area contributed by atoms with E-state index in [1.807, 2.05) is 0 Å². The predicted octanol–water partition coefficient (Wildman–Crippen LogP) is 3.69. The molecule has 3 nitrogen and oxygen atoms in total. The molecule has 0 fully saturated rings. The van der Waals surface area contributed by atoms with Crippen molar-refractivity contribution in [2.45, 2.75) is 45.5 Å². The van der Waals surface area contributed by atoms with Crippen LogP contribution in [0, 0.1) is 6.92 Å². The number of aromatic nitrogens is 3. The van der Waals surface area contributed by atoms with Gasteiger partial charge in [-0.2, -0.15) is 0 Å². The number of hydrogen-bond acceptors (Lipinski definition) is 2. The SMILES string of the molecule is Cc1ccc(CCc2nnc(CCl)n2C(C)C)cc1. The van der Waals surface area contributed by atoms with Crippen molar-refractivity contribution in [3.8, 4) is 0 Å². The molecular formula is C15H20ClN3. The zero-order valence-corrected chi connectivity index (χ0v) is 12.5. The molecule has 102 valence electrons. The number of nitrogens with zero attached hydrogens (tertiary/aromatic N) is 3. The van der Waals surface area contributed by atoms with Crippen molar-refractivity contribution in [1.82, 2.24) is 14.8 Å². The lowest BCUT2D eigenvalue weighted by atomic mass is 10.1. The fourth-order valence-corrected chi connectivity index (χ4v) is 2.41. The van der Waals surface area contributed by atoms with Crippen LogP contribution < -0.4 is 0 Å². The first kappa shape index (κ1) is 14.1. The minimum Gasteiger partial charge on any atom is -0.311 e.